The molecule has 11 nitrogen and oxygen atoms in total. The predicted octanol–water partition coefficient (Wildman–Crippen LogP) is -2.40. The van der Waals surface area contributed by atoms with Crippen LogP contribution in [-0.4, -0.2) is 78.6 Å². The van der Waals surface area contributed by atoms with Crippen LogP contribution in [0.1, 0.15) is 75.0 Å². The molecule has 1 N–H and O–H groups in total. The topological polar surface area (TPSA) is 159 Å². The first-order valence-electron chi connectivity index (χ1n) is 11.3. The summed E-state index contributed by atoms with van der Waals surface area (Å²) in [6, 6.07) is 7.41. The third kappa shape index (κ3) is 4.48. The lowest BCUT2D eigenvalue weighted by molar-refractivity contribution is -0.879. The summed E-state index contributed by atoms with van der Waals surface area (Å²) in [5.74, 6) is -4.86. The van der Waals surface area contributed by atoms with E-state index in [2.05, 4.69) is 0 Å². The second kappa shape index (κ2) is 9.70. The Hall–Kier alpha value is -4.38. The van der Waals surface area contributed by atoms with Crippen LogP contribution in [0.4, 0.5) is 0 Å². The van der Waals surface area contributed by atoms with Gasteiger partial charge in [-0.2, -0.15) is 0 Å². The lowest BCUT2D eigenvalue weighted by Gasteiger charge is -2.19. The van der Waals surface area contributed by atoms with E-state index in [1.807, 2.05) is 7.05 Å². The van der Waals surface area contributed by atoms with Gasteiger partial charge in [-0.15, -0.1) is 0 Å². The van der Waals surface area contributed by atoms with Crippen LogP contribution in [0.2, 0.25) is 0 Å². The Bertz CT molecular complexity index is 1220. The number of quaternary nitrogens is 1. The molecule has 0 bridgehead atoms. The van der Waals surface area contributed by atoms with Gasteiger partial charge in [0.05, 0.1) is 54.3 Å². The molecule has 4 amide bonds. The third-order valence-electron chi connectivity index (χ3n) is 6.38. The van der Waals surface area contributed by atoms with E-state index in [0.717, 1.165) is 26.8 Å². The van der Waals surface area contributed by atoms with Gasteiger partial charge in [0.1, 0.15) is 0 Å². The highest BCUT2D eigenvalue weighted by molar-refractivity contribution is 6.22. The first kappa shape index (κ1) is 24.7. The fraction of sp³-hybridized carbons (Fsp3) is 0.280. The van der Waals surface area contributed by atoms with E-state index in [9.17, 15) is 39.0 Å². The number of benzene rings is 2. The van der Waals surface area contributed by atoms with Crippen LogP contribution < -0.4 is 15.1 Å². The number of fused-ring (bicyclic) bond motifs is 2. The molecule has 0 fully saturated rings. The number of carbonyl (C=O) groups is 6. The number of nitrogens with zero attached hydrogens (tertiary/aromatic N) is 2. The van der Waals surface area contributed by atoms with E-state index in [1.165, 1.54) is 24.3 Å². The zero-order valence-electron chi connectivity index (χ0n) is 19.4. The van der Waals surface area contributed by atoms with E-state index < -0.39 is 35.6 Å². The van der Waals surface area contributed by atoms with Gasteiger partial charge in [-0.25, -0.2) is 0 Å². The largest absolute Gasteiger partial charge is 0.545 e. The van der Waals surface area contributed by atoms with Gasteiger partial charge in [0.25, 0.3) is 23.6 Å². The van der Waals surface area contributed by atoms with Crippen molar-refractivity contribution in [1.82, 2.24) is 9.80 Å². The van der Waals surface area contributed by atoms with Gasteiger partial charge < -0.3 is 24.7 Å². The number of amides is 4. The molecule has 0 atom stereocenters. The second-order valence-electron chi connectivity index (χ2n) is 8.78. The number of hydrogen-bond acceptors (Lipinski definition) is 8. The molecule has 2 aliphatic rings. The van der Waals surface area contributed by atoms with Crippen LogP contribution in [0.5, 0.6) is 0 Å². The molecular weight excluding hydrogens is 470 g/mol. The van der Waals surface area contributed by atoms with E-state index >= 15 is 0 Å². The zero-order chi connectivity index (χ0) is 26.1. The van der Waals surface area contributed by atoms with Gasteiger partial charge in [-0.3, -0.25) is 29.0 Å². The number of aromatic carboxylic acids is 2. The van der Waals surface area contributed by atoms with Crippen LogP contribution >= 0.6 is 0 Å². The van der Waals surface area contributed by atoms with Crippen molar-refractivity contribution >= 4 is 35.6 Å². The van der Waals surface area contributed by atoms with Crippen molar-refractivity contribution in [3.05, 3.63) is 69.8 Å². The zero-order valence-corrected chi connectivity index (χ0v) is 19.4. The Morgan fingerprint density at radius 3 is 1.39 bits per heavy atom. The molecule has 36 heavy (non-hydrogen) atoms. The number of carbonyl (C=O) groups excluding carboxylic acids is 6. The maximum absolute atomic E-state index is 12.6. The number of carboxylic acids is 2. The van der Waals surface area contributed by atoms with Crippen LogP contribution in [-0.2, 0) is 0 Å². The molecule has 2 aliphatic heterocycles. The number of nitrogens with one attached hydrogen (secondary N) is 1. The average Bonchev–Trinajstić information content (AvgIpc) is 3.23. The lowest BCUT2D eigenvalue weighted by Crippen LogP contribution is -3.09. The van der Waals surface area contributed by atoms with Crippen LogP contribution in [0, 0.1) is 0 Å². The summed E-state index contributed by atoms with van der Waals surface area (Å²) in [4.78, 5) is 75.5. The smallest absolute Gasteiger partial charge is 0.261 e. The molecule has 0 unspecified atom stereocenters. The van der Waals surface area contributed by atoms with E-state index in [0.29, 0.717) is 25.9 Å². The molecule has 2 aromatic rings. The van der Waals surface area contributed by atoms with Crippen molar-refractivity contribution in [2.24, 2.45) is 0 Å². The Kier molecular flexibility index (Phi) is 6.67. The van der Waals surface area contributed by atoms with Crippen molar-refractivity contribution in [2.75, 3.05) is 33.2 Å². The van der Waals surface area contributed by atoms with Gasteiger partial charge in [0, 0.05) is 25.9 Å². The van der Waals surface area contributed by atoms with Crippen molar-refractivity contribution < 1.29 is 43.9 Å². The van der Waals surface area contributed by atoms with Crippen LogP contribution in [0.15, 0.2) is 36.4 Å². The Morgan fingerprint density at radius 1 is 0.667 bits per heavy atom. The minimum atomic E-state index is -1.43. The molecule has 0 saturated heterocycles. The predicted molar refractivity (Wildman–Crippen MR) is 118 cm³/mol. The van der Waals surface area contributed by atoms with Crippen molar-refractivity contribution in [3.8, 4) is 0 Å². The first-order chi connectivity index (χ1) is 17.1. The standard InChI is InChI=1S/C25H23N3O8/c1-26(8-2-10-27-20(29)16-6-4-14(24(33)34)12-18(16)22(27)31)9-3-11-28-21(30)17-7-5-15(25(35)36)13-19(17)23(28)32/h4-7,12-13H,2-3,8-11H2,1H3,(H,33,34)(H,35,36)/p-1. The molecule has 0 aliphatic carbocycles. The number of imide groups is 2. The fourth-order valence-electron chi connectivity index (χ4n) is 4.44. The Balaban J connectivity index is 1.25. The van der Waals surface area contributed by atoms with Crippen molar-refractivity contribution in [2.45, 2.75) is 12.8 Å². The molecule has 0 radical (unpaired) electrons. The molecule has 186 valence electrons. The fourth-order valence-corrected chi connectivity index (χ4v) is 4.44. The number of rotatable bonds is 10. The van der Waals surface area contributed by atoms with Gasteiger partial charge >= 0.3 is 0 Å². The quantitative estimate of drug-likeness (QED) is 0.359. The minimum absolute atomic E-state index is 0.0510. The highest BCUT2D eigenvalue weighted by atomic mass is 16.4. The summed E-state index contributed by atoms with van der Waals surface area (Å²) in [6.45, 7) is 1.55. The molecule has 11 heteroatoms. The summed E-state index contributed by atoms with van der Waals surface area (Å²) in [5.41, 5.74) is 0.0959. The van der Waals surface area contributed by atoms with E-state index in [1.54, 1.807) is 0 Å². The van der Waals surface area contributed by atoms with Crippen molar-refractivity contribution in [1.29, 1.82) is 0 Å². The molecule has 2 aromatic carbocycles. The molecule has 2 heterocycles. The molecule has 0 spiro atoms. The van der Waals surface area contributed by atoms with Gasteiger partial charge in [0.15, 0.2) is 0 Å². The van der Waals surface area contributed by atoms with Crippen LogP contribution in [0.3, 0.4) is 0 Å². The SMILES string of the molecule is C[NH+](CCCN1C(=O)c2ccc(C(=O)[O-])cc2C1=O)CCCN1C(=O)c2ccc(C(=O)[O-])cc2C1=O. The monoisotopic (exact) mass is 492 g/mol. The maximum Gasteiger partial charge on any atom is 0.261 e. The molecule has 0 aromatic heterocycles. The Labute approximate surface area is 205 Å². The first-order valence-corrected chi connectivity index (χ1v) is 11.3. The minimum Gasteiger partial charge on any atom is -0.545 e. The number of carboxylic acid groups (broad SMARTS) is 2. The summed E-state index contributed by atoms with van der Waals surface area (Å²) in [6.07, 6.45) is 1.01. The van der Waals surface area contributed by atoms with Crippen molar-refractivity contribution in [3.63, 3.8) is 0 Å². The number of hydrogen-bond donors (Lipinski definition) is 1. The Morgan fingerprint density at radius 2 is 1.03 bits per heavy atom. The highest BCUT2D eigenvalue weighted by Crippen LogP contribution is 2.25. The van der Waals surface area contributed by atoms with Gasteiger partial charge in [-0.1, -0.05) is 12.1 Å². The molecular formula is C25H22N3O8-. The molecule has 4 rings (SSSR count). The van der Waals surface area contributed by atoms with Gasteiger partial charge in [-0.05, 0) is 35.4 Å². The lowest BCUT2D eigenvalue weighted by atomic mass is 10.1. The maximum atomic E-state index is 12.6. The summed E-state index contributed by atoms with van der Waals surface area (Å²) in [7, 11) is 1.91. The normalized spacial score (nSPS) is 14.6. The molecule has 0 saturated carbocycles. The highest BCUT2D eigenvalue weighted by Gasteiger charge is 2.36. The summed E-state index contributed by atoms with van der Waals surface area (Å²) < 4.78 is 0. The summed E-state index contributed by atoms with van der Waals surface area (Å²) >= 11 is 0. The second-order valence-corrected chi connectivity index (χ2v) is 8.78. The van der Waals surface area contributed by atoms with Gasteiger partial charge in [0.2, 0.25) is 0 Å². The summed E-state index contributed by atoms with van der Waals surface area (Å²) in [5, 5.41) is 22.1. The van der Waals surface area contributed by atoms with Crippen LogP contribution in [0.25, 0.3) is 0 Å². The average molecular weight is 492 g/mol. The van der Waals surface area contributed by atoms with E-state index in [4.69, 9.17) is 0 Å². The third-order valence-corrected chi connectivity index (χ3v) is 6.38. The van der Waals surface area contributed by atoms with E-state index in [-0.39, 0.29) is 46.5 Å².